The first-order valence-corrected chi connectivity index (χ1v) is 7.85. The molecule has 2 aromatic heterocycles. The lowest BCUT2D eigenvalue weighted by Gasteiger charge is -2.09. The minimum Gasteiger partial charge on any atom is -0.364 e. The molecule has 0 saturated carbocycles. The summed E-state index contributed by atoms with van der Waals surface area (Å²) in [6, 6.07) is 10.1. The molecule has 102 valence electrons. The molecule has 0 aliphatic rings. The van der Waals surface area contributed by atoms with E-state index in [9.17, 15) is 0 Å². The van der Waals surface area contributed by atoms with E-state index in [-0.39, 0.29) is 0 Å². The van der Waals surface area contributed by atoms with Crippen molar-refractivity contribution in [3.8, 4) is 0 Å². The molecule has 0 radical (unpaired) electrons. The number of hydrogen-bond donors (Lipinski definition) is 2. The third-order valence-corrected chi connectivity index (χ3v) is 4.58. The second-order valence-electron chi connectivity index (χ2n) is 4.25. The van der Waals surface area contributed by atoms with Gasteiger partial charge >= 0.3 is 0 Å². The highest BCUT2D eigenvalue weighted by Gasteiger charge is 2.07. The van der Waals surface area contributed by atoms with Crippen molar-refractivity contribution in [2.45, 2.75) is 6.54 Å². The summed E-state index contributed by atoms with van der Waals surface area (Å²) >= 11 is 5.18. The number of benzene rings is 1. The van der Waals surface area contributed by atoms with Gasteiger partial charge in [-0.25, -0.2) is 4.98 Å². The van der Waals surface area contributed by atoms with Crippen molar-refractivity contribution < 1.29 is 0 Å². The molecule has 20 heavy (non-hydrogen) atoms. The Balaban J connectivity index is 1.93. The number of thiophene rings is 1. The van der Waals surface area contributed by atoms with Crippen LogP contribution in [0.5, 0.6) is 0 Å². The summed E-state index contributed by atoms with van der Waals surface area (Å²) < 4.78 is 1.11. The molecule has 0 saturated heterocycles. The van der Waals surface area contributed by atoms with E-state index in [1.165, 1.54) is 4.88 Å². The van der Waals surface area contributed by atoms with Gasteiger partial charge in [0, 0.05) is 27.2 Å². The second kappa shape index (κ2) is 5.76. The molecule has 3 rings (SSSR count). The number of nitrogens with zero attached hydrogens (tertiary/aromatic N) is 2. The predicted molar refractivity (Wildman–Crippen MR) is 88.4 cm³/mol. The first kappa shape index (κ1) is 13.3. The van der Waals surface area contributed by atoms with Crippen molar-refractivity contribution in [2.24, 2.45) is 0 Å². The number of rotatable bonds is 4. The summed E-state index contributed by atoms with van der Waals surface area (Å²) in [5, 5.41) is 9.49. The zero-order valence-corrected chi connectivity index (χ0v) is 13.3. The van der Waals surface area contributed by atoms with Gasteiger partial charge in [-0.1, -0.05) is 12.1 Å². The molecule has 0 aliphatic heterocycles. The number of para-hydroxylation sites is 1. The Kier molecular flexibility index (Phi) is 3.84. The van der Waals surface area contributed by atoms with E-state index in [4.69, 9.17) is 0 Å². The average molecular weight is 349 g/mol. The first-order chi connectivity index (χ1) is 9.76. The van der Waals surface area contributed by atoms with Gasteiger partial charge in [0.05, 0.1) is 12.1 Å². The Labute approximate surface area is 129 Å². The number of hydrogen-bond acceptors (Lipinski definition) is 5. The van der Waals surface area contributed by atoms with Crippen LogP contribution in [0.4, 0.5) is 11.8 Å². The Morgan fingerprint density at radius 2 is 2.10 bits per heavy atom. The Morgan fingerprint density at radius 3 is 2.85 bits per heavy atom. The Bertz CT molecular complexity index is 741. The number of anilines is 2. The Morgan fingerprint density at radius 1 is 1.25 bits per heavy atom. The van der Waals surface area contributed by atoms with E-state index in [0.717, 1.165) is 27.7 Å². The monoisotopic (exact) mass is 348 g/mol. The van der Waals surface area contributed by atoms with Gasteiger partial charge in [-0.2, -0.15) is 4.98 Å². The maximum Gasteiger partial charge on any atom is 0.224 e. The molecule has 2 N–H and O–H groups in total. The van der Waals surface area contributed by atoms with Crippen molar-refractivity contribution in [2.75, 3.05) is 17.7 Å². The molecule has 0 fully saturated rings. The molecular formula is C14H13BrN4S. The van der Waals surface area contributed by atoms with Crippen LogP contribution >= 0.6 is 27.3 Å². The number of fused-ring (bicyclic) bond motifs is 1. The topological polar surface area (TPSA) is 49.8 Å². The van der Waals surface area contributed by atoms with Crippen molar-refractivity contribution >= 4 is 49.9 Å². The maximum atomic E-state index is 4.50. The molecule has 3 aromatic rings. The normalized spacial score (nSPS) is 10.7. The molecule has 0 spiro atoms. The first-order valence-electron chi connectivity index (χ1n) is 6.17. The van der Waals surface area contributed by atoms with Crippen LogP contribution in [0.15, 0.2) is 40.2 Å². The highest BCUT2D eigenvalue weighted by molar-refractivity contribution is 9.10. The van der Waals surface area contributed by atoms with Crippen molar-refractivity contribution in [1.82, 2.24) is 9.97 Å². The van der Waals surface area contributed by atoms with E-state index in [1.807, 2.05) is 31.3 Å². The average Bonchev–Trinajstić information content (AvgIpc) is 2.90. The SMILES string of the molecule is CNc1nc(NCc2cc(Br)cs2)c2ccccc2n1. The fourth-order valence-corrected chi connectivity index (χ4v) is 3.33. The fraction of sp³-hybridized carbons (Fsp3) is 0.143. The van der Waals surface area contributed by atoms with Crippen LogP contribution in [0, 0.1) is 0 Å². The second-order valence-corrected chi connectivity index (χ2v) is 6.16. The van der Waals surface area contributed by atoms with Crippen LogP contribution in [0.1, 0.15) is 4.88 Å². The van der Waals surface area contributed by atoms with Gasteiger partial charge in [-0.05, 0) is 34.1 Å². The van der Waals surface area contributed by atoms with E-state index >= 15 is 0 Å². The standard InChI is InChI=1S/C14H13BrN4S/c1-16-14-18-12-5-3-2-4-11(12)13(19-14)17-7-10-6-9(15)8-20-10/h2-6,8H,7H2,1H3,(H2,16,17,18,19). The lowest BCUT2D eigenvalue weighted by molar-refractivity contribution is 1.12. The number of nitrogens with one attached hydrogen (secondary N) is 2. The van der Waals surface area contributed by atoms with E-state index in [1.54, 1.807) is 11.3 Å². The van der Waals surface area contributed by atoms with Gasteiger partial charge in [0.1, 0.15) is 5.82 Å². The molecule has 2 heterocycles. The van der Waals surface area contributed by atoms with E-state index in [0.29, 0.717) is 5.95 Å². The quantitative estimate of drug-likeness (QED) is 0.744. The van der Waals surface area contributed by atoms with Crippen LogP contribution < -0.4 is 10.6 Å². The van der Waals surface area contributed by atoms with Crippen LogP contribution in [0.2, 0.25) is 0 Å². The zero-order valence-electron chi connectivity index (χ0n) is 10.9. The fourth-order valence-electron chi connectivity index (χ4n) is 1.94. The molecule has 6 heteroatoms. The lowest BCUT2D eigenvalue weighted by Crippen LogP contribution is -2.04. The molecule has 4 nitrogen and oxygen atoms in total. The van der Waals surface area contributed by atoms with E-state index < -0.39 is 0 Å². The van der Waals surface area contributed by atoms with Crippen molar-refractivity contribution in [3.05, 3.63) is 45.1 Å². The molecule has 0 bridgehead atoms. The maximum absolute atomic E-state index is 4.50. The molecule has 1 aromatic carbocycles. The van der Waals surface area contributed by atoms with Gasteiger partial charge < -0.3 is 10.6 Å². The lowest BCUT2D eigenvalue weighted by atomic mass is 10.2. The van der Waals surface area contributed by atoms with Crippen LogP contribution in [0.3, 0.4) is 0 Å². The molecular weight excluding hydrogens is 336 g/mol. The molecule has 0 atom stereocenters. The number of halogens is 1. The molecule has 0 amide bonds. The summed E-state index contributed by atoms with van der Waals surface area (Å²) in [5.74, 6) is 1.48. The third-order valence-electron chi connectivity index (χ3n) is 2.88. The smallest absolute Gasteiger partial charge is 0.224 e. The highest BCUT2D eigenvalue weighted by Crippen LogP contribution is 2.24. The predicted octanol–water partition coefficient (Wildman–Crippen LogP) is 4.11. The zero-order chi connectivity index (χ0) is 13.9. The van der Waals surface area contributed by atoms with Crippen molar-refractivity contribution in [3.63, 3.8) is 0 Å². The summed E-state index contributed by atoms with van der Waals surface area (Å²) in [6.07, 6.45) is 0. The van der Waals surface area contributed by atoms with Gasteiger partial charge in [0.15, 0.2) is 0 Å². The number of aromatic nitrogens is 2. The van der Waals surface area contributed by atoms with Gasteiger partial charge in [0.2, 0.25) is 5.95 Å². The van der Waals surface area contributed by atoms with Gasteiger partial charge in [-0.15, -0.1) is 11.3 Å². The Hall–Kier alpha value is -1.66. The van der Waals surface area contributed by atoms with Crippen LogP contribution in [-0.4, -0.2) is 17.0 Å². The van der Waals surface area contributed by atoms with Crippen LogP contribution in [0.25, 0.3) is 10.9 Å². The minimum atomic E-state index is 0.624. The van der Waals surface area contributed by atoms with Crippen molar-refractivity contribution in [1.29, 1.82) is 0 Å². The highest BCUT2D eigenvalue weighted by atomic mass is 79.9. The summed E-state index contributed by atoms with van der Waals surface area (Å²) in [4.78, 5) is 10.2. The third kappa shape index (κ3) is 2.76. The van der Waals surface area contributed by atoms with Gasteiger partial charge in [0.25, 0.3) is 0 Å². The van der Waals surface area contributed by atoms with Gasteiger partial charge in [-0.3, -0.25) is 0 Å². The molecule has 0 unspecified atom stereocenters. The summed E-state index contributed by atoms with van der Waals surface area (Å²) in [5.41, 5.74) is 0.932. The molecule has 0 aliphatic carbocycles. The van der Waals surface area contributed by atoms with E-state index in [2.05, 4.69) is 48.0 Å². The summed E-state index contributed by atoms with van der Waals surface area (Å²) in [6.45, 7) is 0.750. The van der Waals surface area contributed by atoms with Crippen LogP contribution in [-0.2, 0) is 6.54 Å². The minimum absolute atomic E-state index is 0.624. The largest absolute Gasteiger partial charge is 0.364 e. The summed E-state index contributed by atoms with van der Waals surface area (Å²) in [7, 11) is 1.82.